The number of hydrogen-bond donors (Lipinski definition) is 1. The van der Waals surface area contributed by atoms with Crippen LogP contribution in [0.5, 0.6) is 0 Å². The maximum absolute atomic E-state index is 12.1. The third kappa shape index (κ3) is 4.47. The SMILES string of the molecule is CNC(=O)c1csc2c(C)cc(N3CCN(CC(=O)CC(C)C)CC3)nc12. The Morgan fingerprint density at radius 1 is 1.26 bits per heavy atom. The Kier molecular flexibility index (Phi) is 6.11. The summed E-state index contributed by atoms with van der Waals surface area (Å²) in [7, 11) is 1.64. The number of nitrogens with zero attached hydrogens (tertiary/aromatic N) is 3. The molecule has 1 aliphatic rings. The number of carbonyl (C=O) groups excluding carboxylic acids is 2. The molecule has 0 aliphatic carbocycles. The smallest absolute Gasteiger partial charge is 0.254 e. The number of thiophene rings is 1. The standard InChI is InChI=1S/C20H28N4O2S/c1-13(2)9-15(25)11-23-5-7-24(8-6-23)17-10-14(3)19-18(22-17)16(12-27-19)20(26)21-4/h10,12-13H,5-9,11H2,1-4H3,(H,21,26). The number of fused-ring (bicyclic) bond motifs is 1. The van der Waals surface area contributed by atoms with E-state index in [1.54, 1.807) is 18.4 Å². The molecule has 0 spiro atoms. The van der Waals surface area contributed by atoms with Crippen molar-refractivity contribution in [2.75, 3.05) is 44.7 Å². The van der Waals surface area contributed by atoms with Gasteiger partial charge in [0, 0.05) is 45.0 Å². The summed E-state index contributed by atoms with van der Waals surface area (Å²) >= 11 is 1.56. The molecule has 1 amide bonds. The second-order valence-corrected chi connectivity index (χ2v) is 8.48. The van der Waals surface area contributed by atoms with Crippen molar-refractivity contribution in [1.82, 2.24) is 15.2 Å². The van der Waals surface area contributed by atoms with Gasteiger partial charge < -0.3 is 10.2 Å². The number of carbonyl (C=O) groups is 2. The molecule has 0 unspecified atom stereocenters. The largest absolute Gasteiger partial charge is 0.355 e. The molecule has 2 aromatic heterocycles. The number of piperazine rings is 1. The number of hydrogen-bond acceptors (Lipinski definition) is 6. The van der Waals surface area contributed by atoms with Crippen molar-refractivity contribution in [3.05, 3.63) is 22.6 Å². The van der Waals surface area contributed by atoms with Crippen LogP contribution < -0.4 is 10.2 Å². The van der Waals surface area contributed by atoms with E-state index < -0.39 is 0 Å². The first-order valence-electron chi connectivity index (χ1n) is 9.49. The van der Waals surface area contributed by atoms with E-state index in [4.69, 9.17) is 4.98 Å². The van der Waals surface area contributed by atoms with E-state index in [-0.39, 0.29) is 5.91 Å². The minimum absolute atomic E-state index is 0.0983. The lowest BCUT2D eigenvalue weighted by atomic mass is 10.1. The van der Waals surface area contributed by atoms with Gasteiger partial charge in [0.1, 0.15) is 11.6 Å². The van der Waals surface area contributed by atoms with Gasteiger partial charge in [0.25, 0.3) is 5.91 Å². The van der Waals surface area contributed by atoms with Crippen LogP contribution in [0.2, 0.25) is 0 Å². The molecule has 0 radical (unpaired) electrons. The zero-order valence-electron chi connectivity index (χ0n) is 16.5. The Morgan fingerprint density at radius 2 is 1.96 bits per heavy atom. The van der Waals surface area contributed by atoms with Crippen molar-refractivity contribution in [2.24, 2.45) is 5.92 Å². The summed E-state index contributed by atoms with van der Waals surface area (Å²) in [5.74, 6) is 1.55. The monoisotopic (exact) mass is 388 g/mol. The Morgan fingerprint density at radius 3 is 2.59 bits per heavy atom. The Bertz CT molecular complexity index is 838. The molecule has 0 aromatic carbocycles. The van der Waals surface area contributed by atoms with Gasteiger partial charge in [-0.2, -0.15) is 0 Å². The Hall–Kier alpha value is -1.99. The van der Waals surface area contributed by atoms with Crippen LogP contribution in [0.4, 0.5) is 5.82 Å². The Labute approximate surface area is 164 Å². The van der Waals surface area contributed by atoms with Gasteiger partial charge >= 0.3 is 0 Å². The number of aromatic nitrogens is 1. The molecular formula is C20H28N4O2S. The number of aryl methyl sites for hydroxylation is 1. The normalized spacial score (nSPS) is 15.5. The summed E-state index contributed by atoms with van der Waals surface area (Å²) in [6.07, 6.45) is 0.651. The van der Waals surface area contributed by atoms with E-state index in [1.165, 1.54) is 0 Å². The zero-order valence-corrected chi connectivity index (χ0v) is 17.4. The van der Waals surface area contributed by atoms with Crippen molar-refractivity contribution in [3.63, 3.8) is 0 Å². The average Bonchev–Trinajstić information content (AvgIpc) is 3.05. The fraction of sp³-hybridized carbons (Fsp3) is 0.550. The molecule has 0 bridgehead atoms. The lowest BCUT2D eigenvalue weighted by Gasteiger charge is -2.35. The minimum Gasteiger partial charge on any atom is -0.355 e. The summed E-state index contributed by atoms with van der Waals surface area (Å²) in [6.45, 7) is 10.2. The van der Waals surface area contributed by atoms with Crippen molar-refractivity contribution >= 4 is 39.1 Å². The highest BCUT2D eigenvalue weighted by atomic mass is 32.1. The van der Waals surface area contributed by atoms with Crippen LogP contribution in [0, 0.1) is 12.8 Å². The first kappa shape index (κ1) is 19.8. The van der Waals surface area contributed by atoms with E-state index in [2.05, 4.69) is 42.0 Å². The molecule has 7 heteroatoms. The predicted octanol–water partition coefficient (Wildman–Crippen LogP) is 2.70. The van der Waals surface area contributed by atoms with Crippen LogP contribution in [0.15, 0.2) is 11.4 Å². The minimum atomic E-state index is -0.0983. The molecule has 27 heavy (non-hydrogen) atoms. The third-order valence-electron chi connectivity index (χ3n) is 4.90. The van der Waals surface area contributed by atoms with Gasteiger partial charge in [-0.3, -0.25) is 14.5 Å². The molecule has 3 heterocycles. The highest BCUT2D eigenvalue weighted by molar-refractivity contribution is 7.17. The molecule has 3 rings (SSSR count). The quantitative estimate of drug-likeness (QED) is 0.824. The van der Waals surface area contributed by atoms with Crippen LogP contribution in [-0.2, 0) is 4.79 Å². The maximum Gasteiger partial charge on any atom is 0.254 e. The summed E-state index contributed by atoms with van der Waals surface area (Å²) in [5.41, 5.74) is 2.56. The van der Waals surface area contributed by atoms with Gasteiger partial charge in [-0.1, -0.05) is 13.8 Å². The summed E-state index contributed by atoms with van der Waals surface area (Å²) in [4.78, 5) is 33.5. The fourth-order valence-corrected chi connectivity index (χ4v) is 4.48. The molecule has 1 saturated heterocycles. The molecule has 1 N–H and O–H groups in total. The van der Waals surface area contributed by atoms with Crippen LogP contribution in [0.3, 0.4) is 0 Å². The van der Waals surface area contributed by atoms with Crippen LogP contribution in [-0.4, -0.2) is 61.3 Å². The number of rotatable bonds is 6. The van der Waals surface area contributed by atoms with E-state index >= 15 is 0 Å². The topological polar surface area (TPSA) is 65.5 Å². The third-order valence-corrected chi connectivity index (χ3v) is 6.00. The second-order valence-electron chi connectivity index (χ2n) is 7.60. The Balaban J connectivity index is 1.72. The molecule has 1 aliphatic heterocycles. The molecule has 146 valence electrons. The number of amides is 1. The van der Waals surface area contributed by atoms with Gasteiger partial charge in [-0.25, -0.2) is 4.98 Å². The van der Waals surface area contributed by atoms with Crippen LogP contribution in [0.1, 0.15) is 36.2 Å². The fourth-order valence-electron chi connectivity index (χ4n) is 3.51. The van der Waals surface area contributed by atoms with Gasteiger partial charge in [0.15, 0.2) is 0 Å². The summed E-state index contributed by atoms with van der Waals surface area (Å²) in [5, 5.41) is 4.57. The second kappa shape index (κ2) is 8.35. The lowest BCUT2D eigenvalue weighted by molar-refractivity contribution is -0.120. The van der Waals surface area contributed by atoms with E-state index in [9.17, 15) is 9.59 Å². The van der Waals surface area contributed by atoms with E-state index in [0.29, 0.717) is 30.2 Å². The molecule has 6 nitrogen and oxygen atoms in total. The highest BCUT2D eigenvalue weighted by Crippen LogP contribution is 2.30. The number of pyridine rings is 1. The predicted molar refractivity (Wildman–Crippen MR) is 111 cm³/mol. The number of nitrogens with one attached hydrogen (secondary N) is 1. The number of Topliss-reactive ketones (excluding diaryl/α,β-unsaturated/α-hetero) is 1. The van der Waals surface area contributed by atoms with Crippen LogP contribution >= 0.6 is 11.3 Å². The molecule has 0 atom stereocenters. The first-order valence-corrected chi connectivity index (χ1v) is 10.4. The maximum atomic E-state index is 12.1. The van der Waals surface area contributed by atoms with Crippen molar-refractivity contribution in [1.29, 1.82) is 0 Å². The highest BCUT2D eigenvalue weighted by Gasteiger charge is 2.22. The van der Waals surface area contributed by atoms with Crippen molar-refractivity contribution in [2.45, 2.75) is 27.2 Å². The molecule has 2 aromatic rings. The lowest BCUT2D eigenvalue weighted by Crippen LogP contribution is -2.48. The average molecular weight is 389 g/mol. The first-order chi connectivity index (χ1) is 12.9. The zero-order chi connectivity index (χ0) is 19.6. The summed E-state index contributed by atoms with van der Waals surface area (Å²) < 4.78 is 1.07. The number of anilines is 1. The van der Waals surface area contributed by atoms with Gasteiger partial charge in [0.2, 0.25) is 0 Å². The van der Waals surface area contributed by atoms with Crippen LogP contribution in [0.25, 0.3) is 10.2 Å². The van der Waals surface area contributed by atoms with Gasteiger partial charge in [0.05, 0.1) is 22.3 Å². The van der Waals surface area contributed by atoms with Crippen molar-refractivity contribution < 1.29 is 9.59 Å². The molecular weight excluding hydrogens is 360 g/mol. The van der Waals surface area contributed by atoms with Gasteiger partial charge in [-0.15, -0.1) is 11.3 Å². The molecule has 1 fully saturated rings. The molecule has 0 saturated carbocycles. The van der Waals surface area contributed by atoms with E-state index in [0.717, 1.165) is 47.8 Å². The number of ketones is 1. The summed E-state index contributed by atoms with van der Waals surface area (Å²) in [6, 6.07) is 2.10. The van der Waals surface area contributed by atoms with Crippen molar-refractivity contribution in [3.8, 4) is 0 Å². The van der Waals surface area contributed by atoms with E-state index in [1.807, 2.05) is 5.38 Å². The van der Waals surface area contributed by atoms with Gasteiger partial charge in [-0.05, 0) is 24.5 Å².